The van der Waals surface area contributed by atoms with Crippen molar-refractivity contribution < 1.29 is 14.3 Å². The van der Waals surface area contributed by atoms with E-state index in [2.05, 4.69) is 39.9 Å². The van der Waals surface area contributed by atoms with Crippen LogP contribution in [0.25, 0.3) is 0 Å². The molecule has 0 spiro atoms. The minimum atomic E-state index is -0.525. The van der Waals surface area contributed by atoms with E-state index in [1.807, 2.05) is 41.5 Å². The molecule has 0 unspecified atom stereocenters. The fourth-order valence-electron chi connectivity index (χ4n) is 3.02. The molecule has 0 aromatic heterocycles. The number of carbonyl (C=O) groups is 1. The highest BCUT2D eigenvalue weighted by Gasteiger charge is 2.35. The molecule has 1 rings (SSSR count). The predicted octanol–water partition coefficient (Wildman–Crippen LogP) is 2.57. The van der Waals surface area contributed by atoms with Crippen LogP contribution in [-0.2, 0) is 9.47 Å². The van der Waals surface area contributed by atoms with Gasteiger partial charge in [0.15, 0.2) is 5.96 Å². The van der Waals surface area contributed by atoms with Crippen molar-refractivity contribution in [1.82, 2.24) is 20.9 Å². The van der Waals surface area contributed by atoms with E-state index >= 15 is 0 Å². The molecular weight excluding hydrogens is 485 g/mol. The standard InChI is InChI=1S/C20H41N5O3.HI/c1-9-21-16(23-15-20(25(7)8)10-12-27-13-11-20)22-14-19(5,6)24-17(26)28-18(2,3)4;/h9-15H2,1-8H3,(H,24,26)(H2,21,22,23);1H. The average molecular weight is 527 g/mol. The van der Waals surface area contributed by atoms with Crippen molar-refractivity contribution in [2.24, 2.45) is 4.99 Å². The largest absolute Gasteiger partial charge is 0.444 e. The van der Waals surface area contributed by atoms with E-state index in [9.17, 15) is 4.79 Å². The fraction of sp³-hybridized carbons (Fsp3) is 0.900. The van der Waals surface area contributed by atoms with Gasteiger partial charge in [-0.1, -0.05) is 0 Å². The minimum Gasteiger partial charge on any atom is -0.444 e. The maximum Gasteiger partial charge on any atom is 0.408 e. The van der Waals surface area contributed by atoms with Crippen LogP contribution in [0, 0.1) is 0 Å². The second kappa shape index (κ2) is 12.1. The van der Waals surface area contributed by atoms with Crippen LogP contribution in [-0.4, -0.2) is 80.6 Å². The number of rotatable bonds is 7. The highest BCUT2D eigenvalue weighted by Crippen LogP contribution is 2.25. The van der Waals surface area contributed by atoms with Crippen LogP contribution < -0.4 is 16.0 Å². The summed E-state index contributed by atoms with van der Waals surface area (Å²) in [5.41, 5.74) is -0.995. The number of halogens is 1. The van der Waals surface area contributed by atoms with Crippen molar-refractivity contribution in [3.63, 3.8) is 0 Å². The lowest BCUT2D eigenvalue weighted by molar-refractivity contribution is -0.00501. The molecule has 0 radical (unpaired) electrons. The van der Waals surface area contributed by atoms with Crippen LogP contribution in [0.4, 0.5) is 4.79 Å². The molecule has 1 aliphatic heterocycles. The van der Waals surface area contributed by atoms with E-state index in [1.165, 1.54) is 0 Å². The second-order valence-electron chi connectivity index (χ2n) is 9.29. The molecule has 0 atom stereocenters. The van der Waals surface area contributed by atoms with Crippen molar-refractivity contribution in [2.75, 3.05) is 46.9 Å². The summed E-state index contributed by atoms with van der Waals surface area (Å²) in [5.74, 6) is 0.745. The SMILES string of the molecule is CCNC(=NCC(C)(C)NC(=O)OC(C)(C)C)NCC1(N(C)C)CCOCC1.I. The molecule has 1 saturated heterocycles. The van der Waals surface area contributed by atoms with Gasteiger partial charge < -0.3 is 30.3 Å². The molecule has 0 saturated carbocycles. The molecule has 1 amide bonds. The van der Waals surface area contributed by atoms with Gasteiger partial charge in [0.2, 0.25) is 0 Å². The molecule has 1 aliphatic rings. The van der Waals surface area contributed by atoms with Gasteiger partial charge >= 0.3 is 6.09 Å². The number of carbonyl (C=O) groups excluding carboxylic acids is 1. The van der Waals surface area contributed by atoms with E-state index in [0.717, 1.165) is 45.1 Å². The summed E-state index contributed by atoms with van der Waals surface area (Å²) in [7, 11) is 4.23. The minimum absolute atomic E-state index is 0. The Morgan fingerprint density at radius 3 is 2.21 bits per heavy atom. The first-order valence-corrected chi connectivity index (χ1v) is 10.2. The van der Waals surface area contributed by atoms with Crippen molar-refractivity contribution in [3.05, 3.63) is 0 Å². The predicted molar refractivity (Wildman–Crippen MR) is 129 cm³/mol. The lowest BCUT2D eigenvalue weighted by Gasteiger charge is -2.43. The number of guanidine groups is 1. The van der Waals surface area contributed by atoms with Gasteiger partial charge in [-0.15, -0.1) is 24.0 Å². The highest BCUT2D eigenvalue weighted by molar-refractivity contribution is 14.0. The number of likely N-dealkylation sites (N-methyl/N-ethyl adjacent to an activating group) is 1. The molecule has 1 fully saturated rings. The Hall–Kier alpha value is -0.810. The summed E-state index contributed by atoms with van der Waals surface area (Å²) in [6.45, 7) is 15.0. The van der Waals surface area contributed by atoms with Crippen LogP contribution >= 0.6 is 24.0 Å². The normalized spacial score (nSPS) is 17.3. The van der Waals surface area contributed by atoms with Gasteiger partial charge in [0.1, 0.15) is 5.60 Å². The zero-order valence-corrected chi connectivity index (χ0v) is 21.8. The molecule has 0 aromatic carbocycles. The molecule has 9 heteroatoms. The van der Waals surface area contributed by atoms with Crippen LogP contribution in [0.1, 0.15) is 54.4 Å². The fourth-order valence-corrected chi connectivity index (χ4v) is 3.02. The molecule has 0 aromatic rings. The summed E-state index contributed by atoms with van der Waals surface area (Å²) in [5, 5.41) is 9.65. The number of nitrogens with one attached hydrogen (secondary N) is 3. The highest BCUT2D eigenvalue weighted by atomic mass is 127. The molecule has 3 N–H and O–H groups in total. The summed E-state index contributed by atoms with van der Waals surface area (Å²) in [4.78, 5) is 19.0. The maximum absolute atomic E-state index is 12.1. The zero-order valence-electron chi connectivity index (χ0n) is 19.5. The van der Waals surface area contributed by atoms with Crippen molar-refractivity contribution in [1.29, 1.82) is 0 Å². The quantitative estimate of drug-likeness (QED) is 0.268. The molecular formula is C20H42IN5O3. The average Bonchev–Trinajstić information content (AvgIpc) is 2.55. The summed E-state index contributed by atoms with van der Waals surface area (Å²) >= 11 is 0. The summed E-state index contributed by atoms with van der Waals surface area (Å²) < 4.78 is 10.9. The lowest BCUT2D eigenvalue weighted by Crippen LogP contribution is -2.57. The number of hydrogen-bond acceptors (Lipinski definition) is 5. The van der Waals surface area contributed by atoms with E-state index in [-0.39, 0.29) is 29.5 Å². The van der Waals surface area contributed by atoms with Gasteiger partial charge in [0.05, 0.1) is 12.1 Å². The van der Waals surface area contributed by atoms with E-state index in [1.54, 1.807) is 0 Å². The number of nitrogens with zero attached hydrogens (tertiary/aromatic N) is 2. The summed E-state index contributed by atoms with van der Waals surface area (Å²) in [6.07, 6.45) is 1.54. The van der Waals surface area contributed by atoms with E-state index in [0.29, 0.717) is 6.54 Å². The molecule has 29 heavy (non-hydrogen) atoms. The lowest BCUT2D eigenvalue weighted by atomic mass is 9.88. The van der Waals surface area contributed by atoms with Gasteiger partial charge in [-0.3, -0.25) is 4.99 Å². The van der Waals surface area contributed by atoms with E-state index < -0.39 is 17.2 Å². The smallest absolute Gasteiger partial charge is 0.408 e. The van der Waals surface area contributed by atoms with Crippen LogP contribution in [0.15, 0.2) is 4.99 Å². The first kappa shape index (κ1) is 28.2. The third-order valence-corrected chi connectivity index (χ3v) is 4.77. The number of alkyl carbamates (subject to hydrolysis) is 1. The van der Waals surface area contributed by atoms with Gasteiger partial charge in [-0.2, -0.15) is 0 Å². The Morgan fingerprint density at radius 1 is 1.14 bits per heavy atom. The third-order valence-electron chi connectivity index (χ3n) is 4.77. The summed E-state index contributed by atoms with van der Waals surface area (Å²) in [6, 6.07) is 0. The number of ether oxygens (including phenoxy) is 2. The molecule has 1 heterocycles. The van der Waals surface area contributed by atoms with Crippen LogP contribution in [0.3, 0.4) is 0 Å². The molecule has 0 aliphatic carbocycles. The first-order valence-electron chi connectivity index (χ1n) is 10.2. The monoisotopic (exact) mass is 527 g/mol. The Morgan fingerprint density at radius 2 is 1.72 bits per heavy atom. The molecule has 8 nitrogen and oxygen atoms in total. The van der Waals surface area contributed by atoms with Crippen LogP contribution in [0.2, 0.25) is 0 Å². The Balaban J connectivity index is 0.00000784. The first-order chi connectivity index (χ1) is 12.9. The van der Waals surface area contributed by atoms with Crippen molar-refractivity contribution >= 4 is 36.0 Å². The van der Waals surface area contributed by atoms with Crippen molar-refractivity contribution in [3.8, 4) is 0 Å². The Kier molecular flexibility index (Phi) is 11.8. The Labute approximate surface area is 194 Å². The number of aliphatic imine (C=N–C) groups is 1. The topological polar surface area (TPSA) is 87.2 Å². The van der Waals surface area contributed by atoms with Gasteiger partial charge in [0.25, 0.3) is 0 Å². The number of amides is 1. The maximum atomic E-state index is 12.1. The van der Waals surface area contributed by atoms with Gasteiger partial charge in [-0.25, -0.2) is 4.79 Å². The van der Waals surface area contributed by atoms with Crippen LogP contribution in [0.5, 0.6) is 0 Å². The number of hydrogen-bond donors (Lipinski definition) is 3. The van der Waals surface area contributed by atoms with E-state index in [4.69, 9.17) is 9.47 Å². The van der Waals surface area contributed by atoms with Crippen molar-refractivity contribution in [2.45, 2.75) is 71.1 Å². The van der Waals surface area contributed by atoms with Gasteiger partial charge in [0, 0.05) is 31.8 Å². The molecule has 0 bridgehead atoms. The van der Waals surface area contributed by atoms with Gasteiger partial charge in [-0.05, 0) is 68.5 Å². The Bertz CT molecular complexity index is 527. The second-order valence-corrected chi connectivity index (χ2v) is 9.29. The third kappa shape index (κ3) is 10.7. The molecule has 172 valence electrons. The zero-order chi connectivity index (χ0) is 21.4.